The van der Waals surface area contributed by atoms with E-state index >= 15 is 0 Å². The molecule has 84 valence electrons. The first-order chi connectivity index (χ1) is 6.39. The number of halogens is 3. The van der Waals surface area contributed by atoms with Gasteiger partial charge in [-0.15, -0.1) is 12.1 Å². The van der Waals surface area contributed by atoms with Crippen LogP contribution in [0, 0.1) is 13.0 Å². The molecule has 2 nitrogen and oxygen atoms in total. The molecular weight excluding hydrogens is 401 g/mol. The van der Waals surface area contributed by atoms with E-state index in [1.807, 2.05) is 0 Å². The van der Waals surface area contributed by atoms with Gasteiger partial charge in [-0.1, -0.05) is 6.92 Å². The second-order valence-electron chi connectivity index (χ2n) is 2.51. The zero-order valence-corrected chi connectivity index (χ0v) is 11.2. The van der Waals surface area contributed by atoms with Crippen molar-refractivity contribution in [3.63, 3.8) is 0 Å². The summed E-state index contributed by atoms with van der Waals surface area (Å²) in [7, 11) is 0. The quantitative estimate of drug-likeness (QED) is 0.705. The van der Waals surface area contributed by atoms with Gasteiger partial charge in [-0.05, 0) is 0 Å². The maximum absolute atomic E-state index is 11.8. The molecule has 15 heavy (non-hydrogen) atoms. The Morgan fingerprint density at radius 1 is 1.40 bits per heavy atom. The van der Waals surface area contributed by atoms with Gasteiger partial charge < -0.3 is 4.18 Å². The Kier molecular flexibility index (Phi) is 5.52. The van der Waals surface area contributed by atoms with E-state index in [1.165, 1.54) is 12.1 Å². The predicted octanol–water partition coefficient (Wildman–Crippen LogP) is 2.36. The smallest absolute Gasteiger partial charge is 0.458 e. The zero-order chi connectivity index (χ0) is 10.8. The van der Waals surface area contributed by atoms with Crippen LogP contribution in [0.4, 0.5) is 13.2 Å². The van der Waals surface area contributed by atoms with Crippen molar-refractivity contribution in [1.82, 2.24) is 0 Å². The van der Waals surface area contributed by atoms with Crippen LogP contribution in [0.1, 0.15) is 5.56 Å². The number of hydrogen-bond acceptors (Lipinski definition) is 2. The summed E-state index contributed by atoms with van der Waals surface area (Å²) in [6.07, 6.45) is 0. The third-order valence-electron chi connectivity index (χ3n) is 1.27. The van der Waals surface area contributed by atoms with E-state index in [0.717, 1.165) is 0 Å². The van der Waals surface area contributed by atoms with E-state index in [4.69, 9.17) is 0 Å². The van der Waals surface area contributed by atoms with Crippen LogP contribution < -0.4 is 4.18 Å². The summed E-state index contributed by atoms with van der Waals surface area (Å²) in [4.78, 5) is 0. The summed E-state index contributed by atoms with van der Waals surface area (Å²) >= 11 is -3.32. The van der Waals surface area contributed by atoms with Crippen molar-refractivity contribution in [2.75, 3.05) is 0 Å². The maximum Gasteiger partial charge on any atom is 0.507 e. The summed E-state index contributed by atoms with van der Waals surface area (Å²) in [6, 6.07) is 6.67. The summed E-state index contributed by atoms with van der Waals surface area (Å²) in [5.41, 5.74) is -4.18. The van der Waals surface area contributed by atoms with Gasteiger partial charge in [0.15, 0.2) is 0 Å². The van der Waals surface area contributed by atoms with Crippen LogP contribution in [0.3, 0.4) is 0 Å². The molecule has 1 unspecified atom stereocenters. The largest absolute Gasteiger partial charge is 0.507 e. The maximum atomic E-state index is 11.8. The SMILES string of the molecule is Cc1c[c-]cc(OS(=O)C(F)(F)F)c1.[W]. The number of aryl methyl sites for hydroxylation is 1. The molecule has 0 N–H and O–H groups in total. The van der Waals surface area contributed by atoms with Gasteiger partial charge in [0.25, 0.3) is 0 Å². The van der Waals surface area contributed by atoms with Gasteiger partial charge in [-0.2, -0.15) is 30.9 Å². The second kappa shape index (κ2) is 5.66. The van der Waals surface area contributed by atoms with Crippen molar-refractivity contribution in [2.45, 2.75) is 12.4 Å². The summed E-state index contributed by atoms with van der Waals surface area (Å²) < 4.78 is 50.1. The average Bonchev–Trinajstić information content (AvgIpc) is 2.02. The molecule has 0 aliphatic heterocycles. The fraction of sp³-hybridized carbons (Fsp3) is 0.250. The molecule has 0 radical (unpaired) electrons. The van der Waals surface area contributed by atoms with Crippen molar-refractivity contribution in [3.05, 3.63) is 29.8 Å². The number of hydrogen-bond donors (Lipinski definition) is 0. The molecule has 0 saturated heterocycles. The topological polar surface area (TPSA) is 26.3 Å². The van der Waals surface area contributed by atoms with E-state index < -0.39 is 16.6 Å². The minimum absolute atomic E-state index is 0. The van der Waals surface area contributed by atoms with E-state index in [-0.39, 0.29) is 26.8 Å². The fourth-order valence-electron chi connectivity index (χ4n) is 0.746. The molecule has 1 aromatic rings. The molecule has 1 aromatic carbocycles. The van der Waals surface area contributed by atoms with Crippen molar-refractivity contribution in [1.29, 1.82) is 0 Å². The van der Waals surface area contributed by atoms with E-state index in [2.05, 4.69) is 10.2 Å². The predicted molar refractivity (Wildman–Crippen MR) is 44.8 cm³/mol. The Hall–Kier alpha value is -0.352. The number of alkyl halides is 3. The third-order valence-corrected chi connectivity index (χ3v) is 1.99. The van der Waals surface area contributed by atoms with Crippen molar-refractivity contribution in [3.8, 4) is 5.75 Å². The normalized spacial score (nSPS) is 12.8. The first-order valence-electron chi connectivity index (χ1n) is 3.54. The molecule has 1 rings (SSSR count). The van der Waals surface area contributed by atoms with Gasteiger partial charge in [0, 0.05) is 26.8 Å². The summed E-state index contributed by atoms with van der Waals surface area (Å²) in [6.45, 7) is 1.67. The van der Waals surface area contributed by atoms with Gasteiger partial charge in [-0.25, -0.2) is 4.21 Å². The van der Waals surface area contributed by atoms with Gasteiger partial charge in [-0.3, -0.25) is 0 Å². The molecule has 0 heterocycles. The first kappa shape index (κ1) is 14.6. The molecule has 0 bridgehead atoms. The molecule has 7 heteroatoms. The standard InChI is InChI=1S/C8H6F3O2S.W/c1-6-3-2-4-7(5-6)13-14(12)8(9,10)11;/h3-5H,1H3;/q-1;. The van der Waals surface area contributed by atoms with Gasteiger partial charge in [0.05, 0.1) is 0 Å². The van der Waals surface area contributed by atoms with Crippen molar-refractivity contribution < 1.29 is 42.6 Å². The first-order valence-corrected chi connectivity index (χ1v) is 4.62. The summed E-state index contributed by atoms with van der Waals surface area (Å²) in [5.74, 6) is -0.111. The van der Waals surface area contributed by atoms with Crippen LogP contribution in [-0.4, -0.2) is 9.72 Å². The molecule has 0 saturated carbocycles. The Morgan fingerprint density at radius 3 is 2.47 bits per heavy atom. The van der Waals surface area contributed by atoms with Gasteiger partial charge in [0.1, 0.15) is 0 Å². The zero-order valence-electron chi connectivity index (χ0n) is 7.50. The van der Waals surface area contributed by atoms with Crippen LogP contribution >= 0.6 is 0 Å². The molecule has 0 amide bonds. The molecule has 0 aromatic heterocycles. The Labute approximate surface area is 102 Å². The molecule has 0 aliphatic rings. The Bertz CT molecular complexity index is 354. The molecule has 0 aliphatic carbocycles. The number of benzene rings is 1. The van der Waals surface area contributed by atoms with Gasteiger partial charge >= 0.3 is 16.6 Å². The number of rotatable bonds is 2. The minimum atomic E-state index is -4.86. The van der Waals surface area contributed by atoms with Crippen molar-refractivity contribution in [2.24, 2.45) is 0 Å². The van der Waals surface area contributed by atoms with Crippen molar-refractivity contribution >= 4 is 11.1 Å². The fourth-order valence-corrected chi connectivity index (χ4v) is 1.11. The Morgan fingerprint density at radius 2 is 2.00 bits per heavy atom. The van der Waals surface area contributed by atoms with E-state index in [9.17, 15) is 17.4 Å². The minimum Gasteiger partial charge on any atom is -0.458 e. The van der Waals surface area contributed by atoms with Crippen LogP contribution in [-0.2, 0) is 32.1 Å². The van der Waals surface area contributed by atoms with Crippen LogP contribution in [0.5, 0.6) is 5.75 Å². The molecular formula is C8H6F3O2SW-. The summed E-state index contributed by atoms with van der Waals surface area (Å²) in [5, 5.41) is 0. The van der Waals surface area contributed by atoms with E-state index in [1.54, 1.807) is 13.0 Å². The third kappa shape index (κ3) is 4.80. The van der Waals surface area contributed by atoms with Gasteiger partial charge in [0.2, 0.25) is 0 Å². The average molecular weight is 407 g/mol. The molecule has 1 atom stereocenters. The monoisotopic (exact) mass is 407 g/mol. The second-order valence-corrected chi connectivity index (χ2v) is 3.61. The molecule has 0 spiro atoms. The molecule has 0 fully saturated rings. The Balaban J connectivity index is 0.00000196. The van der Waals surface area contributed by atoms with Crippen LogP contribution in [0.2, 0.25) is 0 Å². The van der Waals surface area contributed by atoms with Crippen LogP contribution in [0.25, 0.3) is 0 Å². The van der Waals surface area contributed by atoms with Crippen LogP contribution in [0.15, 0.2) is 18.2 Å². The van der Waals surface area contributed by atoms with E-state index in [0.29, 0.717) is 5.56 Å².